The lowest BCUT2D eigenvalue weighted by atomic mass is 9.49. The second-order valence-electron chi connectivity index (χ2n) is 7.01. The number of hydrogen-bond acceptors (Lipinski definition) is 3. The van der Waals surface area contributed by atoms with Crippen molar-refractivity contribution in [2.75, 3.05) is 0 Å². The lowest BCUT2D eigenvalue weighted by Gasteiger charge is -2.54. The molecule has 0 amide bonds. The van der Waals surface area contributed by atoms with Gasteiger partial charge in [0.1, 0.15) is 11.3 Å². The number of benzene rings is 1. The molecule has 4 aliphatic carbocycles. The maximum Gasteiger partial charge on any atom is 0.201 e. The van der Waals surface area contributed by atoms with Crippen LogP contribution in [0.15, 0.2) is 28.7 Å². The quantitative estimate of drug-likeness (QED) is 0.794. The van der Waals surface area contributed by atoms with Gasteiger partial charge in [0.25, 0.3) is 0 Å². The molecule has 0 N–H and O–H groups in total. The number of para-hydroxylation sites is 2. The monoisotopic (exact) mass is 267 g/mol. The minimum absolute atomic E-state index is 0.0451. The van der Waals surface area contributed by atoms with E-state index in [9.17, 15) is 4.79 Å². The van der Waals surface area contributed by atoms with Crippen molar-refractivity contribution in [3.8, 4) is 0 Å². The van der Waals surface area contributed by atoms with E-state index in [2.05, 4.69) is 0 Å². The molecule has 2 aromatic rings. The van der Waals surface area contributed by atoms with Crippen molar-refractivity contribution in [1.82, 2.24) is 4.98 Å². The van der Waals surface area contributed by atoms with Crippen LogP contribution in [0.25, 0.3) is 11.1 Å². The molecule has 1 aromatic carbocycles. The van der Waals surface area contributed by atoms with E-state index in [4.69, 9.17) is 9.40 Å². The summed E-state index contributed by atoms with van der Waals surface area (Å²) < 4.78 is 6.07. The van der Waals surface area contributed by atoms with Gasteiger partial charge in [0.2, 0.25) is 5.89 Å². The molecule has 0 radical (unpaired) electrons. The summed E-state index contributed by atoms with van der Waals surface area (Å²) in [6.45, 7) is 0. The molecule has 3 heteroatoms. The van der Waals surface area contributed by atoms with Crippen LogP contribution >= 0.6 is 0 Å². The van der Waals surface area contributed by atoms with Crippen LogP contribution in [0.3, 0.4) is 0 Å². The van der Waals surface area contributed by atoms with Gasteiger partial charge in [-0.1, -0.05) is 12.1 Å². The predicted octanol–water partition coefficient (Wildman–Crippen LogP) is 3.47. The Bertz CT molecular complexity index is 666. The Kier molecular flexibility index (Phi) is 1.94. The molecular weight excluding hydrogens is 250 g/mol. The molecule has 3 nitrogen and oxygen atoms in total. The van der Waals surface area contributed by atoms with Crippen molar-refractivity contribution < 1.29 is 9.21 Å². The molecule has 2 unspecified atom stereocenters. The zero-order valence-corrected chi connectivity index (χ0v) is 11.3. The fraction of sp³-hybridized carbons (Fsp3) is 0.529. The summed E-state index contributed by atoms with van der Waals surface area (Å²) in [6, 6.07) is 7.98. The number of carbonyl (C=O) groups excluding carboxylic acids is 1. The van der Waals surface area contributed by atoms with Gasteiger partial charge in [-0.15, -0.1) is 0 Å². The smallest absolute Gasteiger partial charge is 0.201 e. The van der Waals surface area contributed by atoms with E-state index in [0.29, 0.717) is 11.7 Å². The van der Waals surface area contributed by atoms with E-state index in [1.807, 2.05) is 24.3 Å². The molecule has 0 spiro atoms. The highest BCUT2D eigenvalue weighted by atomic mass is 16.3. The van der Waals surface area contributed by atoms with Crippen molar-refractivity contribution in [2.24, 2.45) is 17.8 Å². The lowest BCUT2D eigenvalue weighted by Crippen LogP contribution is -2.53. The van der Waals surface area contributed by atoms with Crippen LogP contribution in [0, 0.1) is 17.8 Å². The van der Waals surface area contributed by atoms with Crippen molar-refractivity contribution >= 4 is 16.9 Å². The van der Waals surface area contributed by atoms with Crippen LogP contribution in [0.2, 0.25) is 0 Å². The largest absolute Gasteiger partial charge is 0.440 e. The topological polar surface area (TPSA) is 43.1 Å². The summed E-state index contributed by atoms with van der Waals surface area (Å²) in [4.78, 5) is 17.0. The van der Waals surface area contributed by atoms with Crippen molar-refractivity contribution in [1.29, 1.82) is 0 Å². The number of hydrogen-bond donors (Lipinski definition) is 0. The van der Waals surface area contributed by atoms with Crippen LogP contribution in [0.1, 0.15) is 38.0 Å². The molecule has 1 heterocycles. The van der Waals surface area contributed by atoms with Crippen LogP contribution in [-0.4, -0.2) is 10.8 Å². The SMILES string of the molecule is O=C1[C@@H]2CC3C[C@H]1CC(c1nc4ccccc4o1)(C3)C2. The molecule has 0 aliphatic heterocycles. The molecule has 4 aliphatic rings. The highest BCUT2D eigenvalue weighted by molar-refractivity contribution is 5.86. The Hall–Kier alpha value is -1.64. The Balaban J connectivity index is 1.64. The number of oxazole rings is 1. The average molecular weight is 267 g/mol. The summed E-state index contributed by atoms with van der Waals surface area (Å²) in [6.07, 6.45) is 5.31. The van der Waals surface area contributed by atoms with Crippen LogP contribution in [0.4, 0.5) is 0 Å². The number of fused-ring (bicyclic) bond motifs is 1. The van der Waals surface area contributed by atoms with Gasteiger partial charge in [-0.05, 0) is 50.2 Å². The van der Waals surface area contributed by atoms with Gasteiger partial charge in [0.15, 0.2) is 5.58 Å². The van der Waals surface area contributed by atoms with Gasteiger partial charge in [-0.25, -0.2) is 4.98 Å². The molecule has 102 valence electrons. The predicted molar refractivity (Wildman–Crippen MR) is 74.2 cm³/mol. The third-order valence-electron chi connectivity index (χ3n) is 5.74. The molecule has 4 fully saturated rings. The first-order valence-electron chi connectivity index (χ1n) is 7.63. The molecule has 4 atom stereocenters. The van der Waals surface area contributed by atoms with E-state index < -0.39 is 0 Å². The Morgan fingerprint density at radius 3 is 2.60 bits per heavy atom. The Labute approximate surface area is 117 Å². The maximum atomic E-state index is 12.3. The second-order valence-corrected chi connectivity index (χ2v) is 7.01. The molecule has 0 saturated heterocycles. The zero-order chi connectivity index (χ0) is 13.3. The van der Waals surface area contributed by atoms with E-state index in [1.165, 1.54) is 6.42 Å². The lowest BCUT2D eigenvalue weighted by molar-refractivity contribution is -0.142. The van der Waals surface area contributed by atoms with Gasteiger partial charge in [-0.2, -0.15) is 0 Å². The van der Waals surface area contributed by atoms with Crippen molar-refractivity contribution in [3.05, 3.63) is 30.2 Å². The van der Waals surface area contributed by atoms with E-state index >= 15 is 0 Å². The molecular formula is C17H17NO2. The number of aromatic nitrogens is 1. The maximum absolute atomic E-state index is 12.3. The minimum atomic E-state index is 0.0451. The first kappa shape index (κ1) is 11.1. The minimum Gasteiger partial charge on any atom is -0.440 e. The fourth-order valence-corrected chi connectivity index (χ4v) is 5.11. The molecule has 4 bridgehead atoms. The standard InChI is InChI=1S/C17H17NO2/c19-15-11-5-10-6-12(15)9-17(7-10,8-11)16-18-13-3-1-2-4-14(13)20-16/h1-4,10-12H,5-9H2/t10?,11-,12+,17?. The van der Waals surface area contributed by atoms with Gasteiger partial charge >= 0.3 is 0 Å². The second kappa shape index (κ2) is 3.51. The van der Waals surface area contributed by atoms with E-state index in [0.717, 1.165) is 42.7 Å². The van der Waals surface area contributed by atoms with Crippen molar-refractivity contribution in [3.63, 3.8) is 0 Å². The Morgan fingerprint density at radius 1 is 1.10 bits per heavy atom. The number of carbonyl (C=O) groups is 1. The van der Waals surface area contributed by atoms with Crippen LogP contribution in [-0.2, 0) is 10.2 Å². The van der Waals surface area contributed by atoms with E-state index in [-0.39, 0.29) is 17.3 Å². The summed E-state index contributed by atoms with van der Waals surface area (Å²) in [5.41, 5.74) is 1.87. The molecule has 4 saturated carbocycles. The molecule has 6 rings (SSSR count). The summed E-state index contributed by atoms with van der Waals surface area (Å²) >= 11 is 0. The summed E-state index contributed by atoms with van der Waals surface area (Å²) in [7, 11) is 0. The number of ketones is 1. The van der Waals surface area contributed by atoms with Crippen LogP contribution < -0.4 is 0 Å². The normalized spacial score (nSPS) is 38.8. The molecule has 20 heavy (non-hydrogen) atoms. The number of rotatable bonds is 1. The highest BCUT2D eigenvalue weighted by Crippen LogP contribution is 2.59. The van der Waals surface area contributed by atoms with Crippen molar-refractivity contribution in [2.45, 2.75) is 37.5 Å². The van der Waals surface area contributed by atoms with Gasteiger partial charge in [0.05, 0.1) is 0 Å². The summed E-state index contributed by atoms with van der Waals surface area (Å²) in [5.74, 6) is 2.67. The first-order valence-corrected chi connectivity index (χ1v) is 7.63. The van der Waals surface area contributed by atoms with Gasteiger partial charge < -0.3 is 4.42 Å². The summed E-state index contributed by atoms with van der Waals surface area (Å²) in [5, 5.41) is 0. The number of Topliss-reactive ketones (excluding diaryl/α,β-unsaturated/α-hetero) is 1. The van der Waals surface area contributed by atoms with Gasteiger partial charge in [-0.3, -0.25) is 4.79 Å². The third-order valence-corrected chi connectivity index (χ3v) is 5.74. The first-order chi connectivity index (χ1) is 9.73. The van der Waals surface area contributed by atoms with Crippen LogP contribution in [0.5, 0.6) is 0 Å². The number of nitrogens with zero attached hydrogens (tertiary/aromatic N) is 1. The van der Waals surface area contributed by atoms with Gasteiger partial charge in [0, 0.05) is 17.3 Å². The van der Waals surface area contributed by atoms with E-state index in [1.54, 1.807) is 0 Å². The highest BCUT2D eigenvalue weighted by Gasteiger charge is 2.57. The fourth-order valence-electron chi connectivity index (χ4n) is 5.11. The Morgan fingerprint density at radius 2 is 1.85 bits per heavy atom. The molecule has 1 aromatic heterocycles. The zero-order valence-electron chi connectivity index (χ0n) is 11.3. The average Bonchev–Trinajstić information content (AvgIpc) is 2.88. The third kappa shape index (κ3) is 1.31.